The number of nitrogens with zero attached hydrogens (tertiary/aromatic N) is 3. The molecule has 5 heterocycles. The molecule has 0 aromatic rings. The van der Waals surface area contributed by atoms with Crippen LogP contribution in [-0.2, 0) is 4.74 Å². The predicted molar refractivity (Wildman–Crippen MR) is 95.7 cm³/mol. The smallest absolute Gasteiger partial charge is 0.0696 e. The second kappa shape index (κ2) is 5.42. The summed E-state index contributed by atoms with van der Waals surface area (Å²) in [6.07, 6.45) is 3.78. The zero-order valence-electron chi connectivity index (χ0n) is 16.2. The summed E-state index contributed by atoms with van der Waals surface area (Å²) in [6.45, 7) is 13.6. The molecule has 1 N–H and O–H groups in total. The van der Waals surface area contributed by atoms with Crippen LogP contribution >= 0.6 is 0 Å². The lowest BCUT2D eigenvalue weighted by Crippen LogP contribution is -2.82. The van der Waals surface area contributed by atoms with Crippen LogP contribution in [0.5, 0.6) is 0 Å². The summed E-state index contributed by atoms with van der Waals surface area (Å²) >= 11 is 0. The van der Waals surface area contributed by atoms with Crippen molar-refractivity contribution in [2.24, 2.45) is 16.2 Å². The van der Waals surface area contributed by atoms with E-state index in [2.05, 4.69) is 43.6 Å². The molecule has 5 saturated heterocycles. The van der Waals surface area contributed by atoms with Crippen molar-refractivity contribution in [1.29, 1.82) is 5.26 Å². The Kier molecular flexibility index (Phi) is 3.84. The summed E-state index contributed by atoms with van der Waals surface area (Å²) in [4.78, 5) is 5.27. The Morgan fingerprint density at radius 3 is 2.12 bits per heavy atom. The third kappa shape index (κ3) is 2.56. The highest BCUT2D eigenvalue weighted by molar-refractivity contribution is 5.16. The fraction of sp³-hybridized carbons (Fsp3) is 0.950. The molecule has 5 rings (SSSR count). The summed E-state index contributed by atoms with van der Waals surface area (Å²) in [6, 6.07) is 2.39. The normalized spacial score (nSPS) is 53.6. The molecule has 0 radical (unpaired) electrons. The van der Waals surface area contributed by atoms with E-state index in [1.165, 1.54) is 0 Å². The van der Waals surface area contributed by atoms with E-state index in [4.69, 9.17) is 4.74 Å². The third-order valence-electron chi connectivity index (χ3n) is 7.42. The first kappa shape index (κ1) is 17.7. The lowest BCUT2D eigenvalue weighted by molar-refractivity contribution is -0.285. The van der Waals surface area contributed by atoms with Gasteiger partial charge in [0.25, 0.3) is 0 Å². The van der Waals surface area contributed by atoms with Gasteiger partial charge in [0, 0.05) is 55.5 Å². The molecule has 0 aliphatic carbocycles. The topological polar surface area (TPSA) is 59.7 Å². The number of rotatable bonds is 3. The lowest BCUT2D eigenvalue weighted by atomic mass is 9.57. The predicted octanol–water partition coefficient (Wildman–Crippen LogP) is 2.21. The van der Waals surface area contributed by atoms with E-state index in [1.54, 1.807) is 0 Å². The van der Waals surface area contributed by atoms with Crippen molar-refractivity contribution < 1.29 is 9.84 Å². The van der Waals surface area contributed by atoms with Gasteiger partial charge < -0.3 is 9.84 Å². The second-order valence-corrected chi connectivity index (χ2v) is 10.4. The van der Waals surface area contributed by atoms with Crippen LogP contribution in [0.1, 0.15) is 53.4 Å². The Hall–Kier alpha value is -0.670. The minimum Gasteiger partial charge on any atom is -0.392 e. The highest BCUT2D eigenvalue weighted by atomic mass is 16.5. The first-order valence-electron chi connectivity index (χ1n) is 9.80. The molecule has 0 saturated carbocycles. The maximum Gasteiger partial charge on any atom is 0.0696 e. The first-order valence-corrected chi connectivity index (χ1v) is 9.80. The molecule has 5 nitrogen and oxygen atoms in total. The van der Waals surface area contributed by atoms with Gasteiger partial charge in [-0.15, -0.1) is 0 Å². The minimum absolute atomic E-state index is 0.0289. The number of ether oxygens (including phenoxy) is 1. The van der Waals surface area contributed by atoms with Crippen LogP contribution in [0.25, 0.3) is 0 Å². The zero-order valence-corrected chi connectivity index (χ0v) is 16.2. The molecule has 5 fully saturated rings. The molecular weight excluding hydrogens is 314 g/mol. The average Bonchev–Trinajstić information content (AvgIpc) is 2.48. The van der Waals surface area contributed by atoms with Gasteiger partial charge in [-0.05, 0) is 33.1 Å². The number of aliphatic hydroxyl groups excluding tert-OH is 1. The number of hydrogen-bond acceptors (Lipinski definition) is 5. The van der Waals surface area contributed by atoms with Gasteiger partial charge in [-0.2, -0.15) is 5.26 Å². The zero-order chi connectivity index (χ0) is 18.1. The fourth-order valence-corrected chi connectivity index (χ4v) is 6.99. The number of piperidine rings is 2. The largest absolute Gasteiger partial charge is 0.392 e. The molecule has 25 heavy (non-hydrogen) atoms. The molecule has 4 bridgehead atoms. The average molecular weight is 348 g/mol. The van der Waals surface area contributed by atoms with Crippen LogP contribution in [0, 0.1) is 27.6 Å². The quantitative estimate of drug-likeness (QED) is 0.848. The Morgan fingerprint density at radius 1 is 1.08 bits per heavy atom. The van der Waals surface area contributed by atoms with Crippen LogP contribution in [0.2, 0.25) is 0 Å². The Bertz CT molecular complexity index is 560. The molecule has 1 atom stereocenters. The van der Waals surface area contributed by atoms with Gasteiger partial charge in [0.2, 0.25) is 0 Å². The van der Waals surface area contributed by atoms with E-state index in [9.17, 15) is 10.4 Å². The lowest BCUT2D eigenvalue weighted by Gasteiger charge is -2.71. The van der Waals surface area contributed by atoms with Gasteiger partial charge >= 0.3 is 0 Å². The maximum absolute atomic E-state index is 10.9. The highest BCUT2D eigenvalue weighted by Crippen LogP contribution is 2.57. The van der Waals surface area contributed by atoms with Gasteiger partial charge in [0.15, 0.2) is 0 Å². The van der Waals surface area contributed by atoms with Gasteiger partial charge in [-0.25, -0.2) is 0 Å². The monoisotopic (exact) mass is 347 g/mol. The van der Waals surface area contributed by atoms with E-state index in [1.807, 2.05) is 0 Å². The van der Waals surface area contributed by atoms with Gasteiger partial charge in [-0.1, -0.05) is 13.8 Å². The van der Waals surface area contributed by atoms with Crippen molar-refractivity contribution >= 4 is 0 Å². The van der Waals surface area contributed by atoms with E-state index >= 15 is 0 Å². The third-order valence-corrected chi connectivity index (χ3v) is 7.42. The molecule has 0 aromatic heterocycles. The number of hydrogen-bond donors (Lipinski definition) is 1. The van der Waals surface area contributed by atoms with Gasteiger partial charge in [0.05, 0.1) is 23.9 Å². The van der Waals surface area contributed by atoms with Crippen LogP contribution < -0.4 is 0 Å². The summed E-state index contributed by atoms with van der Waals surface area (Å²) in [7, 11) is 0. The standard InChI is InChI=1S/C20H33N3O2/c1-17(2)10-20(6-5-8-21,7-9-25-17)16-22-11-18(3)12-23(16)14-19(4,13-22)15(18)24/h15-16,24H,5-7,9-14H2,1-4H3/t15?,16?,18?,19?,20-/m0/s1. The van der Waals surface area contributed by atoms with Crippen molar-refractivity contribution in [1.82, 2.24) is 9.80 Å². The molecule has 0 aromatic carbocycles. The van der Waals surface area contributed by atoms with Crippen LogP contribution in [-0.4, -0.2) is 65.6 Å². The molecular formula is C20H33N3O2. The number of aliphatic hydroxyl groups is 1. The van der Waals surface area contributed by atoms with Gasteiger partial charge in [0.1, 0.15) is 0 Å². The van der Waals surface area contributed by atoms with E-state index in [0.717, 1.165) is 52.0 Å². The van der Waals surface area contributed by atoms with E-state index < -0.39 is 0 Å². The molecule has 0 unspecified atom stereocenters. The SMILES string of the molecule is CC1(C)C[C@@](CCC#N)(C2N3CC4(C)CN2CC(C)(C3)C4O)CCO1. The highest BCUT2D eigenvalue weighted by Gasteiger charge is 2.65. The first-order chi connectivity index (χ1) is 11.6. The summed E-state index contributed by atoms with van der Waals surface area (Å²) in [5.41, 5.74) is -0.0714. The van der Waals surface area contributed by atoms with E-state index in [-0.39, 0.29) is 27.9 Å². The van der Waals surface area contributed by atoms with E-state index in [0.29, 0.717) is 12.6 Å². The minimum atomic E-state index is -0.213. The molecule has 0 spiro atoms. The Labute approximate surface area is 151 Å². The molecule has 5 aliphatic rings. The second-order valence-electron chi connectivity index (χ2n) is 10.4. The van der Waals surface area contributed by atoms with Crippen molar-refractivity contribution in [2.75, 3.05) is 32.8 Å². The molecule has 5 aliphatic heterocycles. The van der Waals surface area contributed by atoms with Gasteiger partial charge in [-0.3, -0.25) is 9.80 Å². The summed E-state index contributed by atoms with van der Waals surface area (Å²) < 4.78 is 6.04. The van der Waals surface area contributed by atoms with Crippen LogP contribution in [0.15, 0.2) is 0 Å². The van der Waals surface area contributed by atoms with Crippen LogP contribution in [0.3, 0.4) is 0 Å². The maximum atomic E-state index is 10.9. The summed E-state index contributed by atoms with van der Waals surface area (Å²) in [5.74, 6) is 0. The summed E-state index contributed by atoms with van der Waals surface area (Å²) in [5, 5.41) is 20.2. The molecule has 140 valence electrons. The van der Waals surface area contributed by atoms with Crippen LogP contribution in [0.4, 0.5) is 0 Å². The van der Waals surface area contributed by atoms with Crippen molar-refractivity contribution in [3.8, 4) is 6.07 Å². The fourth-order valence-electron chi connectivity index (χ4n) is 6.99. The molecule has 0 amide bonds. The van der Waals surface area contributed by atoms with Crippen molar-refractivity contribution in [3.63, 3.8) is 0 Å². The Morgan fingerprint density at radius 2 is 1.64 bits per heavy atom. The number of nitriles is 1. The van der Waals surface area contributed by atoms with Crippen molar-refractivity contribution in [3.05, 3.63) is 0 Å². The molecule has 5 heteroatoms. The van der Waals surface area contributed by atoms with Crippen molar-refractivity contribution in [2.45, 2.75) is 71.2 Å². The Balaban J connectivity index is 1.69.